The van der Waals surface area contributed by atoms with E-state index in [0.29, 0.717) is 5.82 Å². The van der Waals surface area contributed by atoms with Gasteiger partial charge in [0.15, 0.2) is 0 Å². The smallest absolute Gasteiger partial charge is 0.244 e. The maximum absolute atomic E-state index is 11.2. The predicted molar refractivity (Wildman–Crippen MR) is 50.2 cm³/mol. The van der Waals surface area contributed by atoms with E-state index in [-0.39, 0.29) is 11.9 Å². The summed E-state index contributed by atoms with van der Waals surface area (Å²) in [5.41, 5.74) is 6.44. The molecule has 5 nitrogen and oxygen atoms in total. The van der Waals surface area contributed by atoms with Crippen LogP contribution in [0.2, 0.25) is 0 Å². The van der Waals surface area contributed by atoms with Crippen LogP contribution in [0.5, 0.6) is 0 Å². The maximum Gasteiger partial charge on any atom is 0.244 e. The van der Waals surface area contributed by atoms with E-state index < -0.39 is 0 Å². The molecular formula is C8H14N4O. The number of nitrogens with one attached hydrogen (secondary N) is 1. The van der Waals surface area contributed by atoms with E-state index in [0.717, 1.165) is 5.56 Å². The van der Waals surface area contributed by atoms with Crippen LogP contribution >= 0.6 is 0 Å². The number of nitrogens with two attached hydrogens (primary N) is 1. The Balaban J connectivity index is 2.89. The van der Waals surface area contributed by atoms with Crippen LogP contribution in [-0.4, -0.2) is 22.7 Å². The fourth-order valence-corrected chi connectivity index (χ4v) is 1.02. The Hall–Kier alpha value is -1.52. The summed E-state index contributed by atoms with van der Waals surface area (Å²) >= 11 is 0. The standard InChI is InChI=1S/C8H14N4O/c1-5-4-12(11-7(5)9)6(2)8(13)10-3/h4,6H,1-3H3,(H2,9,11)(H,10,13). The van der Waals surface area contributed by atoms with Gasteiger partial charge in [-0.15, -0.1) is 0 Å². The van der Waals surface area contributed by atoms with Gasteiger partial charge in [0.1, 0.15) is 11.9 Å². The molecule has 0 aliphatic carbocycles. The number of carbonyl (C=O) groups excluding carboxylic acids is 1. The molecule has 0 aliphatic rings. The van der Waals surface area contributed by atoms with Gasteiger partial charge in [0.2, 0.25) is 5.91 Å². The number of amides is 1. The van der Waals surface area contributed by atoms with Crippen molar-refractivity contribution >= 4 is 11.7 Å². The monoisotopic (exact) mass is 182 g/mol. The molecule has 1 aromatic rings. The van der Waals surface area contributed by atoms with E-state index in [1.54, 1.807) is 24.9 Å². The number of aromatic nitrogens is 2. The van der Waals surface area contributed by atoms with E-state index in [1.165, 1.54) is 0 Å². The molecule has 0 radical (unpaired) electrons. The Labute approximate surface area is 76.9 Å². The average Bonchev–Trinajstić information content (AvgIpc) is 2.44. The van der Waals surface area contributed by atoms with Crippen LogP contribution in [0.25, 0.3) is 0 Å². The second kappa shape index (κ2) is 3.47. The van der Waals surface area contributed by atoms with Crippen LogP contribution in [0.3, 0.4) is 0 Å². The van der Waals surface area contributed by atoms with Gasteiger partial charge in [-0.25, -0.2) is 0 Å². The first-order valence-electron chi connectivity index (χ1n) is 4.09. The van der Waals surface area contributed by atoms with Gasteiger partial charge < -0.3 is 11.1 Å². The van der Waals surface area contributed by atoms with E-state index in [2.05, 4.69) is 10.4 Å². The van der Waals surface area contributed by atoms with Gasteiger partial charge in [-0.05, 0) is 13.8 Å². The normalized spacial score (nSPS) is 12.5. The summed E-state index contributed by atoms with van der Waals surface area (Å²) in [6.45, 7) is 3.63. The second-order valence-corrected chi connectivity index (χ2v) is 2.97. The fraction of sp³-hybridized carbons (Fsp3) is 0.500. The second-order valence-electron chi connectivity index (χ2n) is 2.97. The molecule has 1 rings (SSSR count). The van der Waals surface area contributed by atoms with Gasteiger partial charge in [0.05, 0.1) is 0 Å². The Morgan fingerprint density at radius 1 is 1.77 bits per heavy atom. The van der Waals surface area contributed by atoms with Crippen LogP contribution in [0.15, 0.2) is 6.20 Å². The van der Waals surface area contributed by atoms with Crippen molar-refractivity contribution in [3.8, 4) is 0 Å². The highest BCUT2D eigenvalue weighted by Gasteiger charge is 2.14. The van der Waals surface area contributed by atoms with Gasteiger partial charge >= 0.3 is 0 Å². The SMILES string of the molecule is CNC(=O)C(C)n1cc(C)c(N)n1. The van der Waals surface area contributed by atoms with Crippen molar-refractivity contribution in [2.24, 2.45) is 0 Å². The Kier molecular flexibility index (Phi) is 2.55. The molecule has 0 aromatic carbocycles. The van der Waals surface area contributed by atoms with Crippen LogP contribution in [-0.2, 0) is 4.79 Å². The number of nitrogens with zero attached hydrogens (tertiary/aromatic N) is 2. The molecule has 0 saturated heterocycles. The number of nitrogen functional groups attached to an aromatic ring is 1. The zero-order valence-corrected chi connectivity index (χ0v) is 8.03. The number of carbonyl (C=O) groups is 1. The number of rotatable bonds is 2. The lowest BCUT2D eigenvalue weighted by molar-refractivity contribution is -0.123. The number of anilines is 1. The lowest BCUT2D eigenvalue weighted by atomic mass is 10.3. The molecule has 1 aromatic heterocycles. The summed E-state index contributed by atoms with van der Waals surface area (Å²) in [4.78, 5) is 11.2. The number of hydrogen-bond donors (Lipinski definition) is 2. The molecule has 0 saturated carbocycles. The average molecular weight is 182 g/mol. The fourth-order valence-electron chi connectivity index (χ4n) is 1.02. The van der Waals surface area contributed by atoms with Crippen molar-refractivity contribution in [1.29, 1.82) is 0 Å². The quantitative estimate of drug-likeness (QED) is 0.680. The first-order valence-corrected chi connectivity index (χ1v) is 4.09. The first kappa shape index (κ1) is 9.57. The zero-order valence-electron chi connectivity index (χ0n) is 8.03. The number of likely N-dealkylation sites (N-methyl/N-ethyl adjacent to an activating group) is 1. The largest absolute Gasteiger partial charge is 0.382 e. The van der Waals surface area contributed by atoms with Gasteiger partial charge in [-0.1, -0.05) is 0 Å². The summed E-state index contributed by atoms with van der Waals surface area (Å²) in [6, 6.07) is -0.319. The molecule has 0 aliphatic heterocycles. The molecule has 0 spiro atoms. The summed E-state index contributed by atoms with van der Waals surface area (Å²) in [7, 11) is 1.60. The maximum atomic E-state index is 11.2. The van der Waals surface area contributed by atoms with Gasteiger partial charge in [-0.3, -0.25) is 9.48 Å². The molecule has 1 amide bonds. The van der Waals surface area contributed by atoms with Gasteiger partial charge in [-0.2, -0.15) is 5.10 Å². The molecule has 5 heteroatoms. The third kappa shape index (κ3) is 1.80. The molecule has 3 N–H and O–H groups in total. The van der Waals surface area contributed by atoms with Crippen molar-refractivity contribution in [3.05, 3.63) is 11.8 Å². The number of aryl methyl sites for hydroxylation is 1. The molecule has 1 unspecified atom stereocenters. The van der Waals surface area contributed by atoms with Crippen molar-refractivity contribution in [1.82, 2.24) is 15.1 Å². The minimum Gasteiger partial charge on any atom is -0.382 e. The first-order chi connectivity index (χ1) is 6.06. The molecule has 72 valence electrons. The minimum atomic E-state index is -0.319. The van der Waals surface area contributed by atoms with Crippen molar-refractivity contribution in [3.63, 3.8) is 0 Å². The van der Waals surface area contributed by atoms with Crippen molar-refractivity contribution < 1.29 is 4.79 Å². The highest BCUT2D eigenvalue weighted by atomic mass is 16.2. The third-order valence-electron chi connectivity index (χ3n) is 1.98. The van der Waals surface area contributed by atoms with Crippen LogP contribution in [0.4, 0.5) is 5.82 Å². The van der Waals surface area contributed by atoms with E-state index in [9.17, 15) is 4.79 Å². The highest BCUT2D eigenvalue weighted by Crippen LogP contribution is 2.11. The summed E-state index contributed by atoms with van der Waals surface area (Å²) in [5, 5.41) is 6.56. The van der Waals surface area contributed by atoms with Crippen LogP contribution < -0.4 is 11.1 Å². The lowest BCUT2D eigenvalue weighted by Crippen LogP contribution is -2.28. The van der Waals surface area contributed by atoms with Crippen LogP contribution in [0, 0.1) is 6.92 Å². The third-order valence-corrected chi connectivity index (χ3v) is 1.98. The molecule has 1 atom stereocenters. The van der Waals surface area contributed by atoms with E-state index >= 15 is 0 Å². The minimum absolute atomic E-state index is 0.0810. The molecular weight excluding hydrogens is 168 g/mol. The Morgan fingerprint density at radius 2 is 2.38 bits per heavy atom. The lowest BCUT2D eigenvalue weighted by Gasteiger charge is -2.09. The topological polar surface area (TPSA) is 72.9 Å². The summed E-state index contributed by atoms with van der Waals surface area (Å²) < 4.78 is 1.56. The van der Waals surface area contributed by atoms with Gasteiger partial charge in [0, 0.05) is 18.8 Å². The van der Waals surface area contributed by atoms with Gasteiger partial charge in [0.25, 0.3) is 0 Å². The zero-order chi connectivity index (χ0) is 10.0. The summed E-state index contributed by atoms with van der Waals surface area (Å²) in [6.07, 6.45) is 1.76. The summed E-state index contributed by atoms with van der Waals surface area (Å²) in [5.74, 6) is 0.387. The Morgan fingerprint density at radius 3 is 2.77 bits per heavy atom. The van der Waals surface area contributed by atoms with E-state index in [1.807, 2.05) is 6.92 Å². The molecule has 1 heterocycles. The van der Waals surface area contributed by atoms with Crippen molar-refractivity contribution in [2.75, 3.05) is 12.8 Å². The number of hydrogen-bond acceptors (Lipinski definition) is 3. The molecule has 0 bridgehead atoms. The predicted octanol–water partition coefficient (Wildman–Crippen LogP) is 0.0807. The molecule has 0 fully saturated rings. The highest BCUT2D eigenvalue weighted by molar-refractivity contribution is 5.79. The van der Waals surface area contributed by atoms with Crippen molar-refractivity contribution in [2.45, 2.75) is 19.9 Å². The Bertz CT molecular complexity index is 298. The molecule has 13 heavy (non-hydrogen) atoms. The van der Waals surface area contributed by atoms with E-state index in [4.69, 9.17) is 5.73 Å². The van der Waals surface area contributed by atoms with Crippen LogP contribution in [0.1, 0.15) is 18.5 Å².